The van der Waals surface area contributed by atoms with E-state index < -0.39 is 0 Å². The van der Waals surface area contributed by atoms with Crippen molar-refractivity contribution in [2.24, 2.45) is 23.2 Å². The lowest BCUT2D eigenvalue weighted by Crippen LogP contribution is -2.35. The zero-order valence-electron chi connectivity index (χ0n) is 23.0. The third kappa shape index (κ3) is 6.22. The van der Waals surface area contributed by atoms with Crippen molar-refractivity contribution in [3.8, 4) is 0 Å². The summed E-state index contributed by atoms with van der Waals surface area (Å²) in [5.74, 6) is 2.97. The van der Waals surface area contributed by atoms with Crippen molar-refractivity contribution in [1.82, 2.24) is 0 Å². The van der Waals surface area contributed by atoms with Gasteiger partial charge in [-0.15, -0.1) is 0 Å². The molecular weight excluding hydrogens is 422 g/mol. The maximum Gasteiger partial charge on any atom is 0.0319 e. The summed E-state index contributed by atoms with van der Waals surface area (Å²) in [6.45, 7) is 13.1. The molecule has 190 valence electrons. The third-order valence-electron chi connectivity index (χ3n) is 9.38. The van der Waals surface area contributed by atoms with Crippen molar-refractivity contribution in [3.63, 3.8) is 0 Å². The maximum absolute atomic E-state index is 6.07. The van der Waals surface area contributed by atoms with Gasteiger partial charge in [0.2, 0.25) is 0 Å². The fraction of sp³-hybridized carbons (Fsp3) is 0.588. The second kappa shape index (κ2) is 11.4. The molecule has 0 saturated heterocycles. The highest BCUT2D eigenvalue weighted by Crippen LogP contribution is 2.53. The number of nitrogen functional groups attached to an aromatic ring is 1. The molecule has 2 N–H and O–H groups in total. The lowest BCUT2D eigenvalue weighted by atomic mass is 9.58. The highest BCUT2D eigenvalue weighted by atomic mass is 14.5. The Labute approximate surface area is 215 Å². The molecule has 5 rings (SSSR count). The van der Waals surface area contributed by atoms with E-state index in [9.17, 15) is 0 Å². The van der Waals surface area contributed by atoms with Gasteiger partial charge in [0, 0.05) is 5.69 Å². The fourth-order valence-corrected chi connectivity index (χ4v) is 7.47. The molecule has 0 atom stereocenters. The van der Waals surface area contributed by atoms with Crippen LogP contribution in [0.4, 0.5) is 5.69 Å². The highest BCUT2D eigenvalue weighted by Gasteiger charge is 2.41. The number of hydrogen-bond donors (Lipinski definition) is 1. The summed E-state index contributed by atoms with van der Waals surface area (Å²) in [7, 11) is 0. The molecule has 1 nitrogen and oxygen atoms in total. The van der Waals surface area contributed by atoms with Crippen LogP contribution < -0.4 is 5.73 Å². The number of allylic oxidation sites excluding steroid dienone is 1. The summed E-state index contributed by atoms with van der Waals surface area (Å²) in [5, 5.41) is 0. The van der Waals surface area contributed by atoms with Gasteiger partial charge in [0.25, 0.3) is 0 Å². The van der Waals surface area contributed by atoms with E-state index in [4.69, 9.17) is 5.73 Å². The molecule has 0 heterocycles. The highest BCUT2D eigenvalue weighted by molar-refractivity contribution is 5.69. The summed E-state index contributed by atoms with van der Waals surface area (Å²) in [5.41, 5.74) is 15.9. The van der Waals surface area contributed by atoms with Crippen LogP contribution in [0.3, 0.4) is 0 Å². The second-order valence-electron chi connectivity index (χ2n) is 12.1. The number of anilines is 1. The van der Waals surface area contributed by atoms with Gasteiger partial charge < -0.3 is 5.73 Å². The quantitative estimate of drug-likeness (QED) is 0.442. The van der Waals surface area contributed by atoms with Gasteiger partial charge in [0.15, 0.2) is 0 Å². The van der Waals surface area contributed by atoms with Crippen molar-refractivity contribution >= 4 is 11.3 Å². The normalized spacial score (nSPS) is 28.2. The molecule has 1 heteroatoms. The Morgan fingerprint density at radius 2 is 1.49 bits per heavy atom. The summed E-state index contributed by atoms with van der Waals surface area (Å²) < 4.78 is 0. The number of aryl methyl sites for hydroxylation is 3. The molecule has 1 spiro atoms. The SMILES string of the molecule is C=C1CC2(CCC(C3CCC(C)CC3)CC2)Cc2cc(CCc3cc(C)cc(N)c3)ccc21.CC. The Balaban J connectivity index is 0.00000141. The summed E-state index contributed by atoms with van der Waals surface area (Å²) in [6, 6.07) is 13.7. The number of fused-ring (bicyclic) bond motifs is 1. The minimum Gasteiger partial charge on any atom is -0.399 e. The van der Waals surface area contributed by atoms with Crippen LogP contribution in [0.15, 0.2) is 43.0 Å². The predicted molar refractivity (Wildman–Crippen MR) is 154 cm³/mol. The monoisotopic (exact) mass is 471 g/mol. The Kier molecular flexibility index (Phi) is 8.46. The smallest absolute Gasteiger partial charge is 0.0319 e. The number of nitrogens with two attached hydrogens (primary N) is 1. The molecule has 0 bridgehead atoms. The molecule has 0 amide bonds. The lowest BCUT2D eigenvalue weighted by molar-refractivity contribution is 0.0952. The van der Waals surface area contributed by atoms with Gasteiger partial charge >= 0.3 is 0 Å². The topological polar surface area (TPSA) is 26.0 Å². The maximum atomic E-state index is 6.07. The van der Waals surface area contributed by atoms with Gasteiger partial charge in [-0.3, -0.25) is 0 Å². The lowest BCUT2D eigenvalue weighted by Gasteiger charge is -2.46. The Bertz CT molecular complexity index is 979. The van der Waals surface area contributed by atoms with Crippen LogP contribution in [0.25, 0.3) is 5.57 Å². The van der Waals surface area contributed by atoms with Gasteiger partial charge in [0.1, 0.15) is 0 Å². The van der Waals surface area contributed by atoms with E-state index in [2.05, 4.69) is 56.8 Å². The first-order valence-electron chi connectivity index (χ1n) is 14.6. The molecule has 3 aliphatic rings. The molecule has 0 unspecified atom stereocenters. The first-order valence-corrected chi connectivity index (χ1v) is 14.6. The average Bonchev–Trinajstić information content (AvgIpc) is 2.84. The number of benzene rings is 2. The molecule has 2 aromatic rings. The van der Waals surface area contributed by atoms with Crippen LogP contribution in [0.5, 0.6) is 0 Å². The van der Waals surface area contributed by atoms with Crippen LogP contribution in [0.2, 0.25) is 0 Å². The molecule has 2 aromatic carbocycles. The van der Waals surface area contributed by atoms with Crippen LogP contribution >= 0.6 is 0 Å². The fourth-order valence-electron chi connectivity index (χ4n) is 7.47. The molecule has 3 aliphatic carbocycles. The van der Waals surface area contributed by atoms with Gasteiger partial charge in [-0.25, -0.2) is 0 Å². The molecule has 2 saturated carbocycles. The Morgan fingerprint density at radius 1 is 0.829 bits per heavy atom. The van der Waals surface area contributed by atoms with Crippen molar-refractivity contribution in [2.75, 3.05) is 5.73 Å². The average molecular weight is 472 g/mol. The van der Waals surface area contributed by atoms with Crippen LogP contribution in [-0.4, -0.2) is 0 Å². The zero-order valence-corrected chi connectivity index (χ0v) is 23.0. The Morgan fingerprint density at radius 3 is 2.17 bits per heavy atom. The Hall–Kier alpha value is -2.02. The minimum absolute atomic E-state index is 0.478. The largest absolute Gasteiger partial charge is 0.399 e. The van der Waals surface area contributed by atoms with E-state index in [0.29, 0.717) is 5.41 Å². The van der Waals surface area contributed by atoms with Crippen LogP contribution in [0.1, 0.15) is 106 Å². The van der Waals surface area contributed by atoms with E-state index in [1.807, 2.05) is 13.8 Å². The van der Waals surface area contributed by atoms with E-state index in [1.54, 1.807) is 5.56 Å². The van der Waals surface area contributed by atoms with Crippen molar-refractivity contribution < 1.29 is 0 Å². The molecule has 0 aliphatic heterocycles. The standard InChI is InChI=1S/C32H43N.C2H6/c1-22-4-9-27(10-5-22)28-12-14-32(15-13-28)20-24(3)31-11-8-25(18-29(31)21-32)6-7-26-16-23(2)17-30(33)19-26;1-2/h8,11,16-19,22,27-28H,3-7,9-10,12-15,20-21,33H2,1-2H3;1-2H3. The zero-order chi connectivity index (χ0) is 25.0. The van der Waals surface area contributed by atoms with E-state index in [-0.39, 0.29) is 0 Å². The number of hydrogen-bond acceptors (Lipinski definition) is 1. The van der Waals surface area contributed by atoms with E-state index in [1.165, 1.54) is 92.0 Å². The summed E-state index contributed by atoms with van der Waals surface area (Å²) in [6.07, 6.45) is 16.3. The summed E-state index contributed by atoms with van der Waals surface area (Å²) >= 11 is 0. The van der Waals surface area contributed by atoms with Gasteiger partial charge in [-0.2, -0.15) is 0 Å². The first kappa shape index (κ1) is 26.1. The minimum atomic E-state index is 0.478. The summed E-state index contributed by atoms with van der Waals surface area (Å²) in [4.78, 5) is 0. The van der Waals surface area contributed by atoms with Crippen molar-refractivity contribution in [1.29, 1.82) is 0 Å². The van der Waals surface area contributed by atoms with Crippen LogP contribution in [0, 0.1) is 30.1 Å². The molecule has 2 fully saturated rings. The van der Waals surface area contributed by atoms with Gasteiger partial charge in [0.05, 0.1) is 0 Å². The number of rotatable bonds is 4. The van der Waals surface area contributed by atoms with Gasteiger partial charge in [-0.1, -0.05) is 64.5 Å². The van der Waals surface area contributed by atoms with E-state index in [0.717, 1.165) is 36.3 Å². The molecule has 0 radical (unpaired) electrons. The first-order chi connectivity index (χ1) is 16.9. The third-order valence-corrected chi connectivity index (χ3v) is 9.38. The molecule has 35 heavy (non-hydrogen) atoms. The van der Waals surface area contributed by atoms with E-state index >= 15 is 0 Å². The molecule has 0 aromatic heterocycles. The molecular formula is C34H49N. The second-order valence-corrected chi connectivity index (χ2v) is 12.1. The van der Waals surface area contributed by atoms with Crippen molar-refractivity contribution in [2.45, 2.75) is 105 Å². The van der Waals surface area contributed by atoms with Crippen molar-refractivity contribution in [3.05, 3.63) is 70.8 Å². The van der Waals surface area contributed by atoms with Gasteiger partial charge in [-0.05, 0) is 140 Å². The predicted octanol–water partition coefficient (Wildman–Crippen LogP) is 9.35. The van der Waals surface area contributed by atoms with Crippen LogP contribution in [-0.2, 0) is 19.3 Å².